The lowest BCUT2D eigenvalue weighted by Gasteiger charge is -2.29. The summed E-state index contributed by atoms with van der Waals surface area (Å²) < 4.78 is 67.8. The van der Waals surface area contributed by atoms with E-state index in [4.69, 9.17) is 24.5 Å². The number of rotatable bonds is 16. The summed E-state index contributed by atoms with van der Waals surface area (Å²) in [6.07, 6.45) is -6.61. The molecule has 3 aliphatic heterocycles. The Morgan fingerprint density at radius 2 is 1.56 bits per heavy atom. The maximum Gasteiger partial charge on any atom is 0.695 e. The zero-order valence-corrected chi connectivity index (χ0v) is 33.2. The number of carbonyl (C=O) groups excluding carboxylic acids is 2. The molecular weight excluding hydrogens is 819 g/mol. The largest absolute Gasteiger partial charge is 0.695 e. The number of hydrogen-bond acceptors (Lipinski definition) is 15. The van der Waals surface area contributed by atoms with Gasteiger partial charge in [0.05, 0.1) is 30.6 Å². The van der Waals surface area contributed by atoms with Crippen LogP contribution in [0.4, 0.5) is 31.9 Å². The zero-order valence-electron chi connectivity index (χ0n) is 32.3. The van der Waals surface area contributed by atoms with Crippen molar-refractivity contribution in [3.63, 3.8) is 0 Å². The molecule has 8 rings (SSSR count). The van der Waals surface area contributed by atoms with E-state index in [9.17, 15) is 24.2 Å². The molecule has 4 aromatic rings. The number of alkyl halides is 2. The predicted molar refractivity (Wildman–Crippen MR) is 215 cm³/mol. The van der Waals surface area contributed by atoms with Crippen LogP contribution in [0.5, 0.6) is 0 Å². The van der Waals surface area contributed by atoms with Crippen molar-refractivity contribution >= 4 is 43.2 Å². The Balaban J connectivity index is 1.14. The third-order valence-electron chi connectivity index (χ3n) is 10.9. The Morgan fingerprint density at radius 3 is 2.16 bits per heavy atom. The van der Waals surface area contributed by atoms with Crippen LogP contribution < -0.4 is 25.8 Å². The maximum atomic E-state index is 17.4. The number of carbonyl (C=O) groups is 2. The predicted octanol–water partition coefficient (Wildman–Crippen LogP) is 3.47. The van der Waals surface area contributed by atoms with Crippen molar-refractivity contribution in [1.82, 2.24) is 19.9 Å². The summed E-state index contributed by atoms with van der Waals surface area (Å²) in [6.45, 7) is 6.96. The number of nitrogens with one attached hydrogen (secondary N) is 1. The highest BCUT2D eigenvalue weighted by Gasteiger charge is 2.65. The van der Waals surface area contributed by atoms with Crippen molar-refractivity contribution in [2.75, 3.05) is 46.4 Å². The van der Waals surface area contributed by atoms with E-state index in [0.717, 1.165) is 0 Å². The minimum Gasteiger partial charge on any atom is -0.394 e. The van der Waals surface area contributed by atoms with Crippen LogP contribution in [0.25, 0.3) is 0 Å². The first-order chi connectivity index (χ1) is 29.5. The summed E-state index contributed by atoms with van der Waals surface area (Å²) in [6, 6.07) is 16.9. The van der Waals surface area contributed by atoms with Crippen LogP contribution >= 0.6 is 8.25 Å². The molecule has 2 amide bonds. The summed E-state index contributed by atoms with van der Waals surface area (Å²) in [7, 11) is -3.37. The number of fused-ring (bicyclic) bond motifs is 2. The second-order valence-corrected chi connectivity index (χ2v) is 15.2. The summed E-state index contributed by atoms with van der Waals surface area (Å²) in [5.41, 5.74) is 5.48. The molecule has 5 heterocycles. The van der Waals surface area contributed by atoms with E-state index in [2.05, 4.69) is 38.4 Å². The van der Waals surface area contributed by atoms with Gasteiger partial charge in [-0.2, -0.15) is 0 Å². The highest BCUT2D eigenvalue weighted by atomic mass is 31.1. The fraction of sp³-hybridized carbons (Fsp3) is 0.350. The van der Waals surface area contributed by atoms with Gasteiger partial charge in [-0.15, -0.1) is 22.6 Å². The second kappa shape index (κ2) is 17.3. The van der Waals surface area contributed by atoms with Gasteiger partial charge in [0.15, 0.2) is 36.5 Å². The summed E-state index contributed by atoms with van der Waals surface area (Å²) >= 11 is 0. The van der Waals surface area contributed by atoms with Crippen molar-refractivity contribution in [3.8, 4) is 0 Å². The number of halogens is 2. The van der Waals surface area contributed by atoms with Crippen molar-refractivity contribution in [2.45, 2.75) is 55.3 Å². The van der Waals surface area contributed by atoms with Crippen LogP contribution in [0.15, 0.2) is 98.6 Å². The third kappa shape index (κ3) is 7.65. The van der Waals surface area contributed by atoms with Crippen molar-refractivity contribution in [1.29, 1.82) is 0 Å². The maximum absolute atomic E-state index is 17.4. The molecule has 18 nitrogen and oxygen atoms in total. The number of hydrogen-bond donors (Lipinski definition) is 4. The van der Waals surface area contributed by atoms with E-state index in [0.29, 0.717) is 16.8 Å². The SMILES string of the molecule is C=CCN(C(=O)c1ccccc1)c1ncnc2c1NCN2[C@@H]1O[C@H](CO)[C@@H](CC2(OC3O[C@@H](N)[C@H](F)[C@@H]3O[P+](=O)O)c3ncnc(N(CC=C)C(=O)c4ccccc4)c32)[C@H]1F. The van der Waals surface area contributed by atoms with Crippen molar-refractivity contribution in [3.05, 3.63) is 121 Å². The van der Waals surface area contributed by atoms with Crippen LogP contribution in [-0.4, -0.2) is 111 Å². The average Bonchev–Trinajstić information content (AvgIpc) is 3.46. The smallest absolute Gasteiger partial charge is 0.394 e. The quantitative estimate of drug-likeness (QED) is 0.0934. The lowest BCUT2D eigenvalue weighted by Crippen LogP contribution is -2.42. The van der Waals surface area contributed by atoms with Crippen molar-refractivity contribution < 1.29 is 51.7 Å². The minimum atomic E-state index is -3.37. The van der Waals surface area contributed by atoms with Crippen LogP contribution in [0.1, 0.15) is 38.4 Å². The average molecular weight is 861 g/mol. The Bertz CT molecular complexity index is 2320. The number of aromatic nitrogens is 4. The van der Waals surface area contributed by atoms with Crippen LogP contribution in [0.2, 0.25) is 0 Å². The van der Waals surface area contributed by atoms with Gasteiger partial charge in [-0.3, -0.25) is 19.4 Å². The van der Waals surface area contributed by atoms with E-state index in [-0.39, 0.29) is 60.8 Å². The van der Waals surface area contributed by atoms with Gasteiger partial charge in [0.25, 0.3) is 11.8 Å². The van der Waals surface area contributed by atoms with Gasteiger partial charge in [-0.25, -0.2) is 28.7 Å². The molecule has 2 fully saturated rings. The summed E-state index contributed by atoms with van der Waals surface area (Å²) in [5, 5.41) is 13.9. The number of aliphatic hydroxyl groups is 1. The van der Waals surface area contributed by atoms with E-state index >= 15 is 8.78 Å². The zero-order chi connectivity index (χ0) is 43.0. The number of ether oxygens (including phenoxy) is 3. The van der Waals surface area contributed by atoms with Gasteiger partial charge in [-0.1, -0.05) is 48.6 Å². The number of benzene rings is 2. The molecule has 10 atom stereocenters. The second-order valence-electron chi connectivity index (χ2n) is 14.5. The molecule has 0 saturated carbocycles. The molecule has 61 heavy (non-hydrogen) atoms. The van der Waals surface area contributed by atoms with Gasteiger partial charge >= 0.3 is 8.25 Å². The molecule has 3 unspecified atom stereocenters. The van der Waals surface area contributed by atoms with Crippen LogP contribution in [0, 0.1) is 5.92 Å². The molecule has 0 spiro atoms. The molecule has 21 heteroatoms. The van der Waals surface area contributed by atoms with E-state index in [1.165, 1.54) is 33.4 Å². The molecular formula is C40H41F2N9O9P+. The Hall–Kier alpha value is -5.70. The number of nitrogens with two attached hydrogens (primary N) is 1. The van der Waals surface area contributed by atoms with Gasteiger partial charge < -0.3 is 35.3 Å². The van der Waals surface area contributed by atoms with E-state index in [1.54, 1.807) is 66.7 Å². The summed E-state index contributed by atoms with van der Waals surface area (Å²) in [5.74, 6) is -1.52. The van der Waals surface area contributed by atoms with Crippen LogP contribution in [-0.2, 0) is 28.9 Å². The normalized spacial score (nSPS) is 27.4. The topological polar surface area (TPSA) is 228 Å². The first-order valence-corrected chi connectivity index (χ1v) is 20.3. The van der Waals surface area contributed by atoms with Gasteiger partial charge in [-0.05, 0) is 30.7 Å². The molecule has 0 radical (unpaired) electrons. The van der Waals surface area contributed by atoms with Crippen molar-refractivity contribution in [2.24, 2.45) is 11.7 Å². The summed E-state index contributed by atoms with van der Waals surface area (Å²) in [4.78, 5) is 59.2. The van der Waals surface area contributed by atoms with E-state index in [1.807, 2.05) is 0 Å². The molecule has 5 N–H and O–H groups in total. The highest BCUT2D eigenvalue weighted by molar-refractivity contribution is 7.32. The first kappa shape index (κ1) is 42.0. The first-order valence-electron chi connectivity index (χ1n) is 19.2. The third-order valence-corrected chi connectivity index (χ3v) is 11.3. The molecule has 2 aromatic carbocycles. The molecule has 1 aliphatic carbocycles. The lowest BCUT2D eigenvalue weighted by atomic mass is 9.89. The standard InChI is InChI=1S/C40H40F2N9O9P/c1-3-15-49(36(53)22-11-7-5-8-12-22)33-26-31(44-19-45-33)40(26,59-39-30(60-61(55)56)28(42)32(43)58-39)17-24-25(18-52)57-38(27(24)41)51-21-48-29-34(46-20-47-35(29)51)50(16-4-2)37(54)23-13-9-6-10-14-23/h3-14,19-20,24-25,27-28,30,32,38-39,48,52H,1-2,15-18,21,43H2/p+1/t24-,25-,27-,28-,30+,32-,38-,39?,40?/m1/s1. The van der Waals surface area contributed by atoms with Gasteiger partial charge in [0.2, 0.25) is 6.10 Å². The van der Waals surface area contributed by atoms with Gasteiger partial charge in [0, 0.05) is 34.7 Å². The number of aliphatic hydroxyl groups excluding tert-OH is 1. The molecule has 2 saturated heterocycles. The Morgan fingerprint density at radius 1 is 0.951 bits per heavy atom. The Labute approximate surface area is 348 Å². The number of amides is 2. The van der Waals surface area contributed by atoms with Crippen LogP contribution in [0.3, 0.4) is 0 Å². The fourth-order valence-electron chi connectivity index (χ4n) is 8.10. The monoisotopic (exact) mass is 860 g/mol. The number of anilines is 4. The highest BCUT2D eigenvalue weighted by Crippen LogP contribution is 2.60. The molecule has 2 aromatic heterocycles. The van der Waals surface area contributed by atoms with E-state index < -0.39 is 75.6 Å². The molecule has 318 valence electrons. The fourth-order valence-corrected chi connectivity index (χ4v) is 8.52. The molecule has 4 aliphatic rings. The number of nitrogens with zero attached hydrogens (tertiary/aromatic N) is 7. The lowest BCUT2D eigenvalue weighted by molar-refractivity contribution is -0.207. The molecule has 0 bridgehead atoms. The van der Waals surface area contributed by atoms with Gasteiger partial charge in [0.1, 0.15) is 36.0 Å². The Kier molecular flexibility index (Phi) is 11.9. The minimum absolute atomic E-state index is 0.0297.